The van der Waals surface area contributed by atoms with E-state index in [1.165, 1.54) is 24.3 Å². The summed E-state index contributed by atoms with van der Waals surface area (Å²) < 4.78 is 38.7. The lowest BCUT2D eigenvalue weighted by Gasteiger charge is -2.15. The molecule has 0 aromatic heterocycles. The molecule has 3 aromatic carbocycles. The number of nitrogens with one attached hydrogen (secondary N) is 1. The number of anilines is 2. The van der Waals surface area contributed by atoms with Gasteiger partial charge in [0.05, 0.1) is 42.6 Å². The van der Waals surface area contributed by atoms with E-state index in [4.69, 9.17) is 23.2 Å². The normalized spacial score (nSPS) is 11.5. The summed E-state index contributed by atoms with van der Waals surface area (Å²) in [4.78, 5) is 21.2. The van der Waals surface area contributed by atoms with Crippen LogP contribution in [0.1, 0.15) is 5.56 Å². The van der Waals surface area contributed by atoms with Crippen LogP contribution in [0.5, 0.6) is 0 Å². The molecule has 0 spiro atoms. The fraction of sp³-hybridized carbons (Fsp3) is 0.0588. The lowest BCUT2D eigenvalue weighted by molar-refractivity contribution is -0.392. The minimum atomic E-state index is -4.70. The van der Waals surface area contributed by atoms with Crippen molar-refractivity contribution < 1.29 is 23.0 Å². The zero-order valence-corrected chi connectivity index (χ0v) is 15.5. The van der Waals surface area contributed by atoms with Gasteiger partial charge in [0.25, 0.3) is 11.4 Å². The molecule has 1 N–H and O–H groups in total. The maximum absolute atomic E-state index is 12.9. The highest BCUT2D eigenvalue weighted by Gasteiger charge is 2.33. The quantitative estimate of drug-likeness (QED) is 0.354. The van der Waals surface area contributed by atoms with Crippen LogP contribution in [0.2, 0.25) is 10.0 Å². The fourth-order valence-corrected chi connectivity index (χ4v) is 3.33. The Balaban J connectivity index is 2.26. The topological polar surface area (TPSA) is 98.3 Å². The van der Waals surface area contributed by atoms with E-state index in [-0.39, 0.29) is 22.1 Å². The van der Waals surface area contributed by atoms with Crippen LogP contribution >= 0.6 is 23.2 Å². The molecule has 0 amide bonds. The first-order chi connectivity index (χ1) is 13.5. The minimum absolute atomic E-state index is 0.0877. The van der Waals surface area contributed by atoms with Crippen molar-refractivity contribution >= 4 is 56.7 Å². The van der Waals surface area contributed by atoms with Crippen LogP contribution in [0.3, 0.4) is 0 Å². The van der Waals surface area contributed by atoms with Gasteiger partial charge in [-0.2, -0.15) is 13.2 Å². The second-order valence-electron chi connectivity index (χ2n) is 5.79. The third-order valence-electron chi connectivity index (χ3n) is 4.01. The Bertz CT molecular complexity index is 1150. The molecular formula is C17H8Cl2F3N3O4. The summed E-state index contributed by atoms with van der Waals surface area (Å²) in [6, 6.07) is 7.78. The molecule has 0 heterocycles. The third kappa shape index (κ3) is 3.89. The van der Waals surface area contributed by atoms with E-state index in [0.717, 1.165) is 6.07 Å². The lowest BCUT2D eigenvalue weighted by Crippen LogP contribution is -2.06. The van der Waals surface area contributed by atoms with Gasteiger partial charge in [0.1, 0.15) is 5.69 Å². The molecule has 3 rings (SSSR count). The Labute approximate surface area is 169 Å². The Morgan fingerprint density at radius 3 is 1.83 bits per heavy atom. The zero-order valence-electron chi connectivity index (χ0n) is 14.0. The van der Waals surface area contributed by atoms with Crippen LogP contribution in [0.15, 0.2) is 42.5 Å². The minimum Gasteiger partial charge on any atom is -0.347 e. The summed E-state index contributed by atoms with van der Waals surface area (Å²) in [7, 11) is 0. The molecule has 0 saturated heterocycles. The van der Waals surface area contributed by atoms with Crippen molar-refractivity contribution in [2.45, 2.75) is 6.18 Å². The fourth-order valence-electron chi connectivity index (χ4n) is 2.75. The predicted octanol–water partition coefficient (Wildman–Crippen LogP) is 6.73. The second-order valence-corrected chi connectivity index (χ2v) is 6.60. The molecule has 29 heavy (non-hydrogen) atoms. The molecule has 0 aliphatic heterocycles. The van der Waals surface area contributed by atoms with Crippen molar-refractivity contribution in [3.63, 3.8) is 0 Å². The second kappa shape index (κ2) is 7.37. The van der Waals surface area contributed by atoms with Gasteiger partial charge in [0.2, 0.25) is 0 Å². The van der Waals surface area contributed by atoms with Gasteiger partial charge in [0, 0.05) is 5.39 Å². The first kappa shape index (κ1) is 20.6. The number of alkyl halides is 3. The van der Waals surface area contributed by atoms with Crippen LogP contribution < -0.4 is 5.32 Å². The van der Waals surface area contributed by atoms with E-state index < -0.39 is 43.0 Å². The molecule has 0 radical (unpaired) electrons. The Morgan fingerprint density at radius 1 is 0.828 bits per heavy atom. The van der Waals surface area contributed by atoms with Crippen LogP contribution in [0.25, 0.3) is 10.8 Å². The smallest absolute Gasteiger partial charge is 0.347 e. The number of halogens is 5. The van der Waals surface area contributed by atoms with Crippen LogP contribution in [0.4, 0.5) is 35.9 Å². The largest absolute Gasteiger partial charge is 0.416 e. The molecule has 0 unspecified atom stereocenters. The standard InChI is InChI=1S/C17H8Cl2F3N3O4/c18-11-5-8(17(20,21)22)6-12(19)16(11)23-15-10-4-2-1-3-9(10)13(24(26)27)7-14(15)25(28)29/h1-7,23H. The van der Waals surface area contributed by atoms with E-state index in [9.17, 15) is 33.4 Å². The van der Waals surface area contributed by atoms with Crippen LogP contribution in [-0.2, 0) is 6.18 Å². The highest BCUT2D eigenvalue weighted by Crippen LogP contribution is 2.44. The van der Waals surface area contributed by atoms with E-state index in [1.807, 2.05) is 0 Å². The molecule has 7 nitrogen and oxygen atoms in total. The summed E-state index contributed by atoms with van der Waals surface area (Å²) >= 11 is 11.9. The predicted molar refractivity (Wildman–Crippen MR) is 102 cm³/mol. The molecule has 12 heteroatoms. The third-order valence-corrected chi connectivity index (χ3v) is 4.61. The number of non-ortho nitro benzene ring substituents is 1. The van der Waals surface area contributed by atoms with Gasteiger partial charge in [-0.15, -0.1) is 0 Å². The van der Waals surface area contributed by atoms with Gasteiger partial charge < -0.3 is 5.32 Å². The van der Waals surface area contributed by atoms with Gasteiger partial charge in [0.15, 0.2) is 0 Å². The number of hydrogen-bond acceptors (Lipinski definition) is 5. The molecule has 3 aromatic rings. The van der Waals surface area contributed by atoms with Crippen molar-refractivity contribution in [3.05, 3.63) is 78.3 Å². The van der Waals surface area contributed by atoms with Gasteiger partial charge in [-0.3, -0.25) is 20.2 Å². The molecule has 0 aliphatic carbocycles. The summed E-state index contributed by atoms with van der Waals surface area (Å²) in [6.07, 6.45) is -4.70. The average Bonchev–Trinajstić information content (AvgIpc) is 2.62. The molecule has 0 bridgehead atoms. The van der Waals surface area contributed by atoms with Crippen molar-refractivity contribution in [3.8, 4) is 0 Å². The van der Waals surface area contributed by atoms with Crippen molar-refractivity contribution in [2.75, 3.05) is 5.32 Å². The molecule has 150 valence electrons. The summed E-state index contributed by atoms with van der Waals surface area (Å²) in [5.74, 6) is 0. The van der Waals surface area contributed by atoms with E-state index in [1.54, 1.807) is 0 Å². The van der Waals surface area contributed by atoms with Crippen molar-refractivity contribution in [1.82, 2.24) is 0 Å². The highest BCUT2D eigenvalue weighted by molar-refractivity contribution is 6.39. The van der Waals surface area contributed by atoms with Gasteiger partial charge in [-0.25, -0.2) is 0 Å². The van der Waals surface area contributed by atoms with Crippen molar-refractivity contribution in [1.29, 1.82) is 0 Å². The number of benzene rings is 3. The highest BCUT2D eigenvalue weighted by atomic mass is 35.5. The summed E-state index contributed by atoms with van der Waals surface area (Å²) in [5, 5.41) is 24.7. The number of nitrogens with zero attached hydrogens (tertiary/aromatic N) is 2. The SMILES string of the molecule is O=[N+]([O-])c1cc([N+](=O)[O-])c2ccccc2c1Nc1c(Cl)cc(C(F)(F)F)cc1Cl. The van der Waals surface area contributed by atoms with E-state index in [0.29, 0.717) is 12.1 Å². The number of rotatable bonds is 4. The number of fused-ring (bicyclic) bond motifs is 1. The molecule has 0 saturated carbocycles. The first-order valence-electron chi connectivity index (χ1n) is 7.68. The van der Waals surface area contributed by atoms with Gasteiger partial charge in [-0.1, -0.05) is 41.4 Å². The first-order valence-corrected chi connectivity index (χ1v) is 8.44. The molecule has 0 fully saturated rings. The molecule has 0 atom stereocenters. The Kier molecular flexibility index (Phi) is 5.24. The number of nitro groups is 2. The Hall–Kier alpha value is -3.11. The van der Waals surface area contributed by atoms with Crippen LogP contribution in [-0.4, -0.2) is 9.85 Å². The monoisotopic (exact) mass is 445 g/mol. The average molecular weight is 446 g/mol. The lowest BCUT2D eigenvalue weighted by atomic mass is 10.0. The van der Waals surface area contributed by atoms with E-state index in [2.05, 4.69) is 5.32 Å². The molecular weight excluding hydrogens is 438 g/mol. The maximum Gasteiger partial charge on any atom is 0.416 e. The maximum atomic E-state index is 12.9. The van der Waals surface area contributed by atoms with Gasteiger partial charge >= 0.3 is 6.18 Å². The summed E-state index contributed by atoms with van der Waals surface area (Å²) in [6.45, 7) is 0. The zero-order chi connectivity index (χ0) is 21.5. The molecule has 0 aliphatic rings. The number of hydrogen-bond donors (Lipinski definition) is 1. The van der Waals surface area contributed by atoms with Crippen LogP contribution in [0, 0.1) is 20.2 Å². The van der Waals surface area contributed by atoms with Crippen molar-refractivity contribution in [2.24, 2.45) is 0 Å². The van der Waals surface area contributed by atoms with Gasteiger partial charge in [-0.05, 0) is 18.2 Å². The van der Waals surface area contributed by atoms with E-state index >= 15 is 0 Å². The summed E-state index contributed by atoms with van der Waals surface area (Å²) in [5.41, 5.74) is -2.66. The Morgan fingerprint density at radius 2 is 1.34 bits per heavy atom. The number of nitro benzene ring substituents is 2.